The molecule has 0 heterocycles. The van der Waals surface area contributed by atoms with Crippen molar-refractivity contribution in [2.45, 2.75) is 12.8 Å². The van der Waals surface area contributed by atoms with Gasteiger partial charge in [0.2, 0.25) is 0 Å². The molecule has 0 aromatic heterocycles. The van der Waals surface area contributed by atoms with Crippen LogP contribution in [-0.2, 0) is 0 Å². The summed E-state index contributed by atoms with van der Waals surface area (Å²) in [6.07, 6.45) is 1.99. The third kappa shape index (κ3) is 3.51. The number of benzene rings is 2. The van der Waals surface area contributed by atoms with Crippen LogP contribution in [0.5, 0.6) is 5.75 Å². The van der Waals surface area contributed by atoms with Crippen LogP contribution in [0.3, 0.4) is 0 Å². The van der Waals surface area contributed by atoms with Crippen molar-refractivity contribution in [2.75, 3.05) is 12.5 Å². The first kappa shape index (κ1) is 13.0. The average Bonchev–Trinajstić information content (AvgIpc) is 2.45. The Balaban J connectivity index is 2.11. The van der Waals surface area contributed by atoms with Crippen LogP contribution in [0.2, 0.25) is 0 Å². The monoisotopic (exact) mass is 260 g/mol. The number of hydrogen-bond donors (Lipinski definition) is 0. The van der Waals surface area contributed by atoms with E-state index >= 15 is 0 Å². The lowest BCUT2D eigenvalue weighted by atomic mass is 10.1. The Morgan fingerprint density at radius 2 is 1.56 bits per heavy atom. The van der Waals surface area contributed by atoms with Crippen LogP contribution in [0.25, 0.3) is 11.1 Å². The molecule has 0 saturated heterocycles. The fourth-order valence-electron chi connectivity index (χ4n) is 1.83. The van der Waals surface area contributed by atoms with Gasteiger partial charge in [-0.05, 0) is 24.5 Å². The lowest BCUT2D eigenvalue weighted by molar-refractivity contribution is 0.311. The van der Waals surface area contributed by atoms with Crippen molar-refractivity contribution in [3.05, 3.63) is 54.6 Å². The highest BCUT2D eigenvalue weighted by molar-refractivity contribution is 6.17. The zero-order valence-electron chi connectivity index (χ0n) is 10.3. The number of rotatable bonds is 6. The summed E-state index contributed by atoms with van der Waals surface area (Å²) in [5.74, 6) is 1.64. The molecule has 0 aliphatic carbocycles. The molecule has 18 heavy (non-hydrogen) atoms. The molecular weight excluding hydrogens is 244 g/mol. The van der Waals surface area contributed by atoms with Crippen LogP contribution in [0.15, 0.2) is 54.6 Å². The third-order valence-electron chi connectivity index (χ3n) is 2.76. The van der Waals surface area contributed by atoms with Crippen LogP contribution >= 0.6 is 11.6 Å². The largest absolute Gasteiger partial charge is 0.493 e. The molecule has 2 heteroatoms. The molecule has 0 aliphatic rings. The van der Waals surface area contributed by atoms with Gasteiger partial charge in [-0.25, -0.2) is 0 Å². The van der Waals surface area contributed by atoms with Crippen molar-refractivity contribution in [3.8, 4) is 16.9 Å². The van der Waals surface area contributed by atoms with E-state index in [1.54, 1.807) is 0 Å². The van der Waals surface area contributed by atoms with E-state index in [9.17, 15) is 0 Å². The molecule has 2 rings (SSSR count). The Morgan fingerprint density at radius 1 is 0.833 bits per heavy atom. The molecule has 2 aromatic carbocycles. The minimum atomic E-state index is 0.698. The second kappa shape index (κ2) is 7.07. The number of hydrogen-bond acceptors (Lipinski definition) is 1. The Labute approximate surface area is 113 Å². The summed E-state index contributed by atoms with van der Waals surface area (Å²) in [6, 6.07) is 18.4. The van der Waals surface area contributed by atoms with Crippen molar-refractivity contribution in [2.24, 2.45) is 0 Å². The summed E-state index contributed by atoms with van der Waals surface area (Å²) in [6.45, 7) is 0.719. The second-order valence-electron chi connectivity index (χ2n) is 4.11. The molecule has 94 valence electrons. The van der Waals surface area contributed by atoms with Gasteiger partial charge < -0.3 is 4.74 Å². The molecule has 0 atom stereocenters. The second-order valence-corrected chi connectivity index (χ2v) is 4.48. The van der Waals surface area contributed by atoms with E-state index in [0.717, 1.165) is 30.8 Å². The van der Waals surface area contributed by atoms with Gasteiger partial charge in [-0.2, -0.15) is 0 Å². The summed E-state index contributed by atoms with van der Waals surface area (Å²) >= 11 is 5.65. The van der Waals surface area contributed by atoms with Gasteiger partial charge in [-0.15, -0.1) is 11.6 Å². The van der Waals surface area contributed by atoms with E-state index in [1.165, 1.54) is 5.56 Å². The molecule has 0 N–H and O–H groups in total. The smallest absolute Gasteiger partial charge is 0.127 e. The first-order valence-corrected chi connectivity index (χ1v) is 6.78. The SMILES string of the molecule is ClCCCCOc1ccccc1-c1ccccc1. The highest BCUT2D eigenvalue weighted by atomic mass is 35.5. The molecule has 0 bridgehead atoms. The van der Waals surface area contributed by atoms with E-state index < -0.39 is 0 Å². The number of unbranched alkanes of at least 4 members (excludes halogenated alkanes) is 1. The van der Waals surface area contributed by atoms with Gasteiger partial charge in [-0.1, -0.05) is 48.5 Å². The minimum absolute atomic E-state index is 0.698. The maximum atomic E-state index is 5.83. The van der Waals surface area contributed by atoms with Crippen molar-refractivity contribution in [3.63, 3.8) is 0 Å². The first-order valence-electron chi connectivity index (χ1n) is 6.25. The lowest BCUT2D eigenvalue weighted by Gasteiger charge is -2.11. The molecule has 0 saturated carbocycles. The Hall–Kier alpha value is -1.47. The van der Waals surface area contributed by atoms with Crippen LogP contribution in [0, 0.1) is 0 Å². The Morgan fingerprint density at radius 3 is 2.33 bits per heavy atom. The molecule has 0 unspecified atom stereocenters. The quantitative estimate of drug-likeness (QED) is 0.538. The van der Waals surface area contributed by atoms with E-state index in [4.69, 9.17) is 16.3 Å². The van der Waals surface area contributed by atoms with E-state index in [2.05, 4.69) is 18.2 Å². The van der Waals surface area contributed by atoms with Gasteiger partial charge in [0.05, 0.1) is 6.61 Å². The topological polar surface area (TPSA) is 9.23 Å². The van der Waals surface area contributed by atoms with Gasteiger partial charge in [-0.3, -0.25) is 0 Å². The van der Waals surface area contributed by atoms with Gasteiger partial charge in [0, 0.05) is 11.4 Å². The predicted octanol–water partition coefficient (Wildman–Crippen LogP) is 4.75. The highest BCUT2D eigenvalue weighted by Crippen LogP contribution is 2.29. The first-order chi connectivity index (χ1) is 8.92. The molecular formula is C16H17ClO. The van der Waals surface area contributed by atoms with Crippen molar-refractivity contribution in [1.82, 2.24) is 0 Å². The minimum Gasteiger partial charge on any atom is -0.493 e. The maximum absolute atomic E-state index is 5.83. The summed E-state index contributed by atoms with van der Waals surface area (Å²) in [5.41, 5.74) is 2.33. The molecule has 2 aromatic rings. The predicted molar refractivity (Wildman–Crippen MR) is 77.3 cm³/mol. The molecule has 1 nitrogen and oxygen atoms in total. The fraction of sp³-hybridized carbons (Fsp3) is 0.250. The number of halogens is 1. The fourth-order valence-corrected chi connectivity index (χ4v) is 2.02. The normalized spacial score (nSPS) is 10.3. The molecule has 0 radical (unpaired) electrons. The molecule has 0 fully saturated rings. The van der Waals surface area contributed by atoms with Crippen LogP contribution in [0.1, 0.15) is 12.8 Å². The van der Waals surface area contributed by atoms with Crippen molar-refractivity contribution >= 4 is 11.6 Å². The zero-order valence-corrected chi connectivity index (χ0v) is 11.1. The summed E-state index contributed by atoms with van der Waals surface area (Å²) in [4.78, 5) is 0. The van der Waals surface area contributed by atoms with Crippen LogP contribution < -0.4 is 4.74 Å². The Kier molecular flexibility index (Phi) is 5.10. The van der Waals surface area contributed by atoms with Gasteiger partial charge >= 0.3 is 0 Å². The average molecular weight is 261 g/mol. The molecule has 0 spiro atoms. The van der Waals surface area contributed by atoms with Gasteiger partial charge in [0.25, 0.3) is 0 Å². The Bertz CT molecular complexity index is 468. The van der Waals surface area contributed by atoms with Crippen molar-refractivity contribution in [1.29, 1.82) is 0 Å². The third-order valence-corrected chi connectivity index (χ3v) is 3.02. The standard InChI is InChI=1S/C16H17ClO/c17-12-6-7-13-18-16-11-5-4-10-15(16)14-8-2-1-3-9-14/h1-5,8-11H,6-7,12-13H2. The molecule has 0 aliphatic heterocycles. The lowest BCUT2D eigenvalue weighted by Crippen LogP contribution is -1.98. The summed E-state index contributed by atoms with van der Waals surface area (Å²) in [7, 11) is 0. The van der Waals surface area contributed by atoms with E-state index in [1.807, 2.05) is 36.4 Å². The van der Waals surface area contributed by atoms with E-state index in [0.29, 0.717) is 5.88 Å². The number of para-hydroxylation sites is 1. The highest BCUT2D eigenvalue weighted by Gasteiger charge is 2.04. The van der Waals surface area contributed by atoms with Crippen LogP contribution in [-0.4, -0.2) is 12.5 Å². The number of alkyl halides is 1. The van der Waals surface area contributed by atoms with Gasteiger partial charge in [0.1, 0.15) is 5.75 Å². The molecule has 0 amide bonds. The van der Waals surface area contributed by atoms with Crippen molar-refractivity contribution < 1.29 is 4.74 Å². The summed E-state index contributed by atoms with van der Waals surface area (Å²) in [5, 5.41) is 0. The van der Waals surface area contributed by atoms with Crippen LogP contribution in [0.4, 0.5) is 0 Å². The summed E-state index contributed by atoms with van der Waals surface area (Å²) < 4.78 is 5.83. The maximum Gasteiger partial charge on any atom is 0.127 e. The van der Waals surface area contributed by atoms with Gasteiger partial charge in [0.15, 0.2) is 0 Å². The number of ether oxygens (including phenoxy) is 1. The zero-order chi connectivity index (χ0) is 12.6. The van der Waals surface area contributed by atoms with E-state index in [-0.39, 0.29) is 0 Å².